The number of nitrogens with two attached hydrogens (primary N) is 1. The fourth-order valence-corrected chi connectivity index (χ4v) is 2.13. The van der Waals surface area contributed by atoms with Gasteiger partial charge in [-0.25, -0.2) is 4.98 Å². The van der Waals surface area contributed by atoms with Crippen molar-refractivity contribution in [1.82, 2.24) is 4.98 Å². The molecule has 0 aliphatic rings. The van der Waals surface area contributed by atoms with Crippen molar-refractivity contribution in [2.24, 2.45) is 5.73 Å². The lowest BCUT2D eigenvalue weighted by molar-refractivity contribution is 0.300. The molecule has 112 valence electrons. The third-order valence-electron chi connectivity index (χ3n) is 3.34. The molecule has 3 aromatic rings. The highest BCUT2D eigenvalue weighted by atomic mass is 16.5. The van der Waals surface area contributed by atoms with Crippen LogP contribution in [-0.2, 0) is 6.61 Å². The Labute approximate surface area is 129 Å². The Morgan fingerprint density at radius 3 is 2.73 bits per heavy atom. The number of ether oxygens (including phenoxy) is 1. The van der Waals surface area contributed by atoms with Gasteiger partial charge in [0.1, 0.15) is 24.3 Å². The largest absolute Gasteiger partial charge is 0.487 e. The van der Waals surface area contributed by atoms with E-state index in [1.807, 2.05) is 61.5 Å². The molecule has 0 aliphatic carbocycles. The average Bonchev–Trinajstić information content (AvgIpc) is 3.03. The Morgan fingerprint density at radius 2 is 1.95 bits per heavy atom. The van der Waals surface area contributed by atoms with Gasteiger partial charge in [0.2, 0.25) is 5.89 Å². The van der Waals surface area contributed by atoms with Crippen LogP contribution in [0.3, 0.4) is 0 Å². The maximum Gasteiger partial charge on any atom is 0.226 e. The summed E-state index contributed by atoms with van der Waals surface area (Å²) in [4.78, 5) is 4.44. The van der Waals surface area contributed by atoms with E-state index in [2.05, 4.69) is 4.98 Å². The summed E-state index contributed by atoms with van der Waals surface area (Å²) in [6, 6.07) is 17.6. The first kappa shape index (κ1) is 14.4. The molecule has 0 bridgehead atoms. The fraction of sp³-hybridized carbons (Fsp3) is 0.167. The highest BCUT2D eigenvalue weighted by Gasteiger charge is 2.07. The minimum Gasteiger partial charge on any atom is -0.487 e. The molecule has 0 spiro atoms. The van der Waals surface area contributed by atoms with Gasteiger partial charge in [-0.2, -0.15) is 0 Å². The quantitative estimate of drug-likeness (QED) is 0.774. The van der Waals surface area contributed by atoms with Crippen molar-refractivity contribution in [2.75, 3.05) is 0 Å². The monoisotopic (exact) mass is 294 g/mol. The summed E-state index contributed by atoms with van der Waals surface area (Å²) in [6.45, 7) is 2.31. The minimum absolute atomic E-state index is 0.0136. The SMILES string of the molecule is CC(N)c1cccc(OCc2coc(-c3ccccc3)n2)c1. The van der Waals surface area contributed by atoms with E-state index in [0.29, 0.717) is 12.5 Å². The van der Waals surface area contributed by atoms with Crippen LogP contribution in [0.15, 0.2) is 65.3 Å². The molecule has 1 aromatic heterocycles. The van der Waals surface area contributed by atoms with Crippen LogP contribution in [0.4, 0.5) is 0 Å². The number of hydrogen-bond donors (Lipinski definition) is 1. The Balaban J connectivity index is 1.67. The average molecular weight is 294 g/mol. The summed E-state index contributed by atoms with van der Waals surface area (Å²) in [5.41, 5.74) is 8.63. The third-order valence-corrected chi connectivity index (χ3v) is 3.34. The predicted octanol–water partition coefficient (Wildman–Crippen LogP) is 3.94. The molecule has 0 aliphatic heterocycles. The van der Waals surface area contributed by atoms with Crippen LogP contribution in [-0.4, -0.2) is 4.98 Å². The Bertz CT molecular complexity index is 736. The van der Waals surface area contributed by atoms with Gasteiger partial charge in [0, 0.05) is 11.6 Å². The fourth-order valence-electron chi connectivity index (χ4n) is 2.13. The molecule has 0 amide bonds. The maximum absolute atomic E-state index is 5.87. The van der Waals surface area contributed by atoms with Crippen LogP contribution in [0.1, 0.15) is 24.2 Å². The highest BCUT2D eigenvalue weighted by molar-refractivity contribution is 5.52. The van der Waals surface area contributed by atoms with Crippen LogP contribution in [0.25, 0.3) is 11.5 Å². The van der Waals surface area contributed by atoms with E-state index < -0.39 is 0 Å². The van der Waals surface area contributed by atoms with E-state index in [1.165, 1.54) is 0 Å². The lowest BCUT2D eigenvalue weighted by Crippen LogP contribution is -2.05. The number of benzene rings is 2. The van der Waals surface area contributed by atoms with Crippen molar-refractivity contribution in [1.29, 1.82) is 0 Å². The summed E-state index contributed by atoms with van der Waals surface area (Å²) in [5, 5.41) is 0. The lowest BCUT2D eigenvalue weighted by Gasteiger charge is -2.08. The molecule has 0 radical (unpaired) electrons. The zero-order valence-electron chi connectivity index (χ0n) is 12.4. The van der Waals surface area contributed by atoms with Gasteiger partial charge in [-0.3, -0.25) is 0 Å². The molecule has 1 heterocycles. The van der Waals surface area contributed by atoms with Gasteiger partial charge in [-0.1, -0.05) is 30.3 Å². The minimum atomic E-state index is -0.0136. The number of rotatable bonds is 5. The van der Waals surface area contributed by atoms with Crippen molar-refractivity contribution in [3.63, 3.8) is 0 Å². The van der Waals surface area contributed by atoms with Crippen LogP contribution in [0.2, 0.25) is 0 Å². The van der Waals surface area contributed by atoms with E-state index in [9.17, 15) is 0 Å². The first-order valence-electron chi connectivity index (χ1n) is 7.20. The number of hydrogen-bond acceptors (Lipinski definition) is 4. The first-order chi connectivity index (χ1) is 10.7. The van der Waals surface area contributed by atoms with Gasteiger partial charge in [0.25, 0.3) is 0 Å². The number of aromatic nitrogens is 1. The number of oxazole rings is 1. The van der Waals surface area contributed by atoms with Crippen molar-refractivity contribution >= 4 is 0 Å². The Morgan fingerprint density at radius 1 is 1.14 bits per heavy atom. The van der Waals surface area contributed by atoms with Crippen LogP contribution in [0.5, 0.6) is 5.75 Å². The lowest BCUT2D eigenvalue weighted by atomic mass is 10.1. The van der Waals surface area contributed by atoms with Crippen molar-refractivity contribution in [3.05, 3.63) is 72.1 Å². The second-order valence-corrected chi connectivity index (χ2v) is 5.16. The van der Waals surface area contributed by atoms with Gasteiger partial charge in [-0.05, 0) is 36.8 Å². The smallest absolute Gasteiger partial charge is 0.226 e. The summed E-state index contributed by atoms with van der Waals surface area (Å²) in [5.74, 6) is 1.38. The zero-order chi connectivity index (χ0) is 15.4. The molecule has 0 fully saturated rings. The molecule has 2 aromatic carbocycles. The van der Waals surface area contributed by atoms with Crippen LogP contribution in [0, 0.1) is 0 Å². The van der Waals surface area contributed by atoms with E-state index >= 15 is 0 Å². The summed E-state index contributed by atoms with van der Waals surface area (Å²) < 4.78 is 11.2. The number of nitrogens with zero attached hydrogens (tertiary/aromatic N) is 1. The molecule has 4 nitrogen and oxygen atoms in total. The van der Waals surface area contributed by atoms with E-state index in [1.54, 1.807) is 6.26 Å². The van der Waals surface area contributed by atoms with Gasteiger partial charge in [0.05, 0.1) is 0 Å². The molecule has 1 atom stereocenters. The normalized spacial score (nSPS) is 12.1. The molecule has 0 saturated carbocycles. The van der Waals surface area contributed by atoms with E-state index in [-0.39, 0.29) is 6.04 Å². The van der Waals surface area contributed by atoms with Crippen LogP contribution >= 0.6 is 0 Å². The second-order valence-electron chi connectivity index (χ2n) is 5.16. The summed E-state index contributed by atoms with van der Waals surface area (Å²) in [6.07, 6.45) is 1.62. The van der Waals surface area contributed by atoms with Gasteiger partial charge < -0.3 is 14.9 Å². The van der Waals surface area contributed by atoms with Gasteiger partial charge in [0.15, 0.2) is 0 Å². The molecule has 1 unspecified atom stereocenters. The van der Waals surface area contributed by atoms with E-state index in [0.717, 1.165) is 22.6 Å². The second kappa shape index (κ2) is 6.45. The van der Waals surface area contributed by atoms with Gasteiger partial charge in [-0.15, -0.1) is 0 Å². The van der Waals surface area contributed by atoms with Crippen molar-refractivity contribution < 1.29 is 9.15 Å². The van der Waals surface area contributed by atoms with Crippen LogP contribution < -0.4 is 10.5 Å². The summed E-state index contributed by atoms with van der Waals surface area (Å²) in [7, 11) is 0. The first-order valence-corrected chi connectivity index (χ1v) is 7.20. The summed E-state index contributed by atoms with van der Waals surface area (Å²) >= 11 is 0. The molecule has 2 N–H and O–H groups in total. The molecule has 22 heavy (non-hydrogen) atoms. The molecular formula is C18H18N2O2. The van der Waals surface area contributed by atoms with Gasteiger partial charge >= 0.3 is 0 Å². The maximum atomic E-state index is 5.87. The topological polar surface area (TPSA) is 61.3 Å². The third kappa shape index (κ3) is 3.35. The predicted molar refractivity (Wildman–Crippen MR) is 85.3 cm³/mol. The van der Waals surface area contributed by atoms with E-state index in [4.69, 9.17) is 14.9 Å². The molecule has 3 rings (SSSR count). The highest BCUT2D eigenvalue weighted by Crippen LogP contribution is 2.21. The molecule has 0 saturated heterocycles. The standard InChI is InChI=1S/C18H18N2O2/c1-13(19)15-8-5-9-17(10-15)21-11-16-12-22-18(20-16)14-6-3-2-4-7-14/h2-10,12-13H,11,19H2,1H3. The molecular weight excluding hydrogens is 276 g/mol. The zero-order valence-corrected chi connectivity index (χ0v) is 12.4. The Kier molecular flexibility index (Phi) is 4.21. The molecule has 4 heteroatoms. The van der Waals surface area contributed by atoms with Crippen molar-refractivity contribution in [3.8, 4) is 17.2 Å². The Hall–Kier alpha value is -2.59. The van der Waals surface area contributed by atoms with Crippen molar-refractivity contribution in [2.45, 2.75) is 19.6 Å².